The van der Waals surface area contributed by atoms with Crippen molar-refractivity contribution < 1.29 is 14.3 Å². The lowest BCUT2D eigenvalue weighted by molar-refractivity contribution is -0.166. The van der Waals surface area contributed by atoms with E-state index in [2.05, 4.69) is 27.7 Å². The number of hydrogen-bond donors (Lipinski definition) is 0. The van der Waals surface area contributed by atoms with Crippen molar-refractivity contribution in [2.24, 2.45) is 11.8 Å². The molecule has 0 bridgehead atoms. The molecule has 0 N–H and O–H groups in total. The van der Waals surface area contributed by atoms with Crippen LogP contribution >= 0.6 is 0 Å². The molecule has 0 aromatic heterocycles. The number of carbonyl (C=O) groups is 2. The van der Waals surface area contributed by atoms with Gasteiger partial charge in [-0.2, -0.15) is 0 Å². The minimum atomic E-state index is -0.225. The third-order valence-corrected chi connectivity index (χ3v) is 8.49. The number of ether oxygens (including phenoxy) is 1. The molecule has 0 saturated heterocycles. The van der Waals surface area contributed by atoms with Crippen molar-refractivity contribution in [3.8, 4) is 0 Å². The summed E-state index contributed by atoms with van der Waals surface area (Å²) in [4.78, 5) is 26.5. The molecule has 0 aliphatic rings. The highest BCUT2D eigenvalue weighted by molar-refractivity contribution is 5.87. The summed E-state index contributed by atoms with van der Waals surface area (Å²) in [5.41, 5.74) is 0. The predicted molar refractivity (Wildman–Crippen MR) is 170 cm³/mol. The Morgan fingerprint density at radius 1 is 0.359 bits per heavy atom. The molecule has 232 valence electrons. The Kier molecular flexibility index (Phi) is 29.4. The molecule has 0 spiro atoms. The van der Waals surface area contributed by atoms with Crippen molar-refractivity contribution in [1.29, 1.82) is 0 Å². The van der Waals surface area contributed by atoms with Crippen LogP contribution in [0, 0.1) is 11.8 Å². The Hall–Kier alpha value is -0.860. The molecular formula is C36H70O3. The van der Waals surface area contributed by atoms with Gasteiger partial charge < -0.3 is 4.74 Å². The molecule has 0 radical (unpaired) electrons. The van der Waals surface area contributed by atoms with E-state index in [4.69, 9.17) is 4.74 Å². The first-order valence-electron chi connectivity index (χ1n) is 17.9. The van der Waals surface area contributed by atoms with Gasteiger partial charge in [-0.3, -0.25) is 9.59 Å². The Labute approximate surface area is 245 Å². The molecule has 0 fully saturated rings. The summed E-state index contributed by atoms with van der Waals surface area (Å²) in [6.45, 7) is 8.98. The lowest BCUT2D eigenvalue weighted by Gasteiger charge is -2.19. The predicted octanol–water partition coefficient (Wildman–Crippen LogP) is 12.3. The zero-order valence-corrected chi connectivity index (χ0v) is 27.2. The highest BCUT2D eigenvalue weighted by Gasteiger charge is 2.26. The molecule has 0 rings (SSSR count). The van der Waals surface area contributed by atoms with Crippen LogP contribution in [0.15, 0.2) is 0 Å². The molecule has 0 aliphatic heterocycles. The van der Waals surface area contributed by atoms with Gasteiger partial charge in [0.1, 0.15) is 0 Å². The van der Waals surface area contributed by atoms with Gasteiger partial charge >= 0.3 is 11.9 Å². The number of carbonyl (C=O) groups excluding carboxylic acids is 2. The van der Waals surface area contributed by atoms with Gasteiger partial charge in [-0.25, -0.2) is 0 Å². The van der Waals surface area contributed by atoms with Crippen molar-refractivity contribution >= 4 is 11.9 Å². The SMILES string of the molecule is CCCCCCCCCC(CCCCCCC)C(=O)OC(=O)C(CCCCCCC)CCCCCCCCC. The molecule has 0 heterocycles. The highest BCUT2D eigenvalue weighted by Crippen LogP contribution is 2.24. The second-order valence-corrected chi connectivity index (χ2v) is 12.4. The summed E-state index contributed by atoms with van der Waals surface area (Å²) in [6, 6.07) is 0. The second kappa shape index (κ2) is 30.1. The van der Waals surface area contributed by atoms with E-state index in [9.17, 15) is 9.59 Å². The van der Waals surface area contributed by atoms with Crippen LogP contribution in [0.25, 0.3) is 0 Å². The largest absolute Gasteiger partial charge is 0.393 e. The van der Waals surface area contributed by atoms with E-state index in [1.165, 1.54) is 128 Å². The molecule has 2 unspecified atom stereocenters. The van der Waals surface area contributed by atoms with Crippen molar-refractivity contribution in [3.63, 3.8) is 0 Å². The number of unbranched alkanes of at least 4 members (excludes halogenated alkanes) is 20. The van der Waals surface area contributed by atoms with Gasteiger partial charge in [0.05, 0.1) is 11.8 Å². The number of esters is 2. The monoisotopic (exact) mass is 551 g/mol. The quantitative estimate of drug-likeness (QED) is 0.0507. The zero-order valence-electron chi connectivity index (χ0n) is 27.2. The molecule has 0 amide bonds. The first-order valence-corrected chi connectivity index (χ1v) is 17.9. The van der Waals surface area contributed by atoms with E-state index in [0.717, 1.165) is 51.4 Å². The van der Waals surface area contributed by atoms with E-state index in [0.29, 0.717) is 0 Å². The molecule has 3 nitrogen and oxygen atoms in total. The van der Waals surface area contributed by atoms with Gasteiger partial charge in [-0.1, -0.05) is 182 Å². The van der Waals surface area contributed by atoms with Crippen molar-refractivity contribution in [2.75, 3.05) is 0 Å². The van der Waals surface area contributed by atoms with E-state index < -0.39 is 0 Å². The summed E-state index contributed by atoms with van der Waals surface area (Å²) in [5.74, 6) is -0.654. The fraction of sp³-hybridized carbons (Fsp3) is 0.944. The molecule has 2 atom stereocenters. The van der Waals surface area contributed by atoms with Crippen LogP contribution in [0.4, 0.5) is 0 Å². The third-order valence-electron chi connectivity index (χ3n) is 8.49. The Balaban J connectivity index is 4.82. The van der Waals surface area contributed by atoms with Gasteiger partial charge in [-0.05, 0) is 25.7 Å². The summed E-state index contributed by atoms with van der Waals surface area (Å²) >= 11 is 0. The second-order valence-electron chi connectivity index (χ2n) is 12.4. The van der Waals surface area contributed by atoms with Crippen LogP contribution in [0.2, 0.25) is 0 Å². The molecular weight excluding hydrogens is 480 g/mol. The maximum absolute atomic E-state index is 13.2. The summed E-state index contributed by atoms with van der Waals surface area (Å²) in [7, 11) is 0. The average Bonchev–Trinajstić information content (AvgIpc) is 2.93. The molecule has 39 heavy (non-hydrogen) atoms. The van der Waals surface area contributed by atoms with Crippen molar-refractivity contribution in [2.45, 2.75) is 207 Å². The lowest BCUT2D eigenvalue weighted by Crippen LogP contribution is -2.26. The first-order chi connectivity index (χ1) is 19.1. The van der Waals surface area contributed by atoms with E-state index in [1.807, 2.05) is 0 Å². The van der Waals surface area contributed by atoms with Crippen LogP contribution in [0.1, 0.15) is 207 Å². The molecule has 0 aromatic rings. The Bertz CT molecular complexity index is 483. The fourth-order valence-electron chi connectivity index (χ4n) is 5.71. The molecule has 0 aromatic carbocycles. The van der Waals surface area contributed by atoms with Crippen LogP contribution < -0.4 is 0 Å². The smallest absolute Gasteiger partial charge is 0.316 e. The van der Waals surface area contributed by atoms with Crippen LogP contribution in [-0.2, 0) is 14.3 Å². The summed E-state index contributed by atoms with van der Waals surface area (Å²) < 4.78 is 5.67. The van der Waals surface area contributed by atoms with Crippen LogP contribution in [0.5, 0.6) is 0 Å². The highest BCUT2D eigenvalue weighted by atomic mass is 16.6. The van der Waals surface area contributed by atoms with Gasteiger partial charge in [0.2, 0.25) is 0 Å². The summed E-state index contributed by atoms with van der Waals surface area (Å²) in [6.07, 6.45) is 33.0. The van der Waals surface area contributed by atoms with E-state index in [-0.39, 0.29) is 23.8 Å². The van der Waals surface area contributed by atoms with Crippen molar-refractivity contribution in [3.05, 3.63) is 0 Å². The van der Waals surface area contributed by atoms with Crippen LogP contribution in [-0.4, -0.2) is 11.9 Å². The van der Waals surface area contributed by atoms with Gasteiger partial charge in [-0.15, -0.1) is 0 Å². The fourth-order valence-corrected chi connectivity index (χ4v) is 5.71. The van der Waals surface area contributed by atoms with Gasteiger partial charge in [0.15, 0.2) is 0 Å². The topological polar surface area (TPSA) is 43.4 Å². The maximum atomic E-state index is 13.2. The summed E-state index contributed by atoms with van der Waals surface area (Å²) in [5, 5.41) is 0. The van der Waals surface area contributed by atoms with Gasteiger partial charge in [0.25, 0.3) is 0 Å². The maximum Gasteiger partial charge on any atom is 0.316 e. The lowest BCUT2D eigenvalue weighted by atomic mass is 9.93. The average molecular weight is 551 g/mol. The number of rotatable bonds is 30. The van der Waals surface area contributed by atoms with E-state index in [1.54, 1.807) is 0 Å². The Morgan fingerprint density at radius 2 is 0.564 bits per heavy atom. The van der Waals surface area contributed by atoms with Crippen molar-refractivity contribution in [1.82, 2.24) is 0 Å². The first kappa shape index (κ1) is 38.1. The normalized spacial score (nSPS) is 12.9. The molecule has 0 aliphatic carbocycles. The zero-order chi connectivity index (χ0) is 28.8. The number of hydrogen-bond acceptors (Lipinski definition) is 3. The van der Waals surface area contributed by atoms with E-state index >= 15 is 0 Å². The molecule has 3 heteroatoms. The molecule has 0 saturated carbocycles. The third kappa shape index (κ3) is 24.6. The minimum absolute atomic E-state index is 0.102. The standard InChI is InChI=1S/C36H70O3/c1-5-9-13-17-19-23-27-31-33(29-25-21-15-11-7-3)35(37)39-36(38)34(30-26-22-16-12-8-4)32-28-24-20-18-14-10-6-2/h33-34H,5-32H2,1-4H3. The Morgan fingerprint density at radius 3 is 0.795 bits per heavy atom. The van der Waals surface area contributed by atoms with Crippen LogP contribution in [0.3, 0.4) is 0 Å². The van der Waals surface area contributed by atoms with Gasteiger partial charge in [0, 0.05) is 0 Å². The minimum Gasteiger partial charge on any atom is -0.393 e.